The van der Waals surface area contributed by atoms with Gasteiger partial charge in [-0.25, -0.2) is 0 Å². The van der Waals surface area contributed by atoms with Crippen molar-refractivity contribution < 1.29 is 4.79 Å². The summed E-state index contributed by atoms with van der Waals surface area (Å²) in [4.78, 5) is 14.3. The zero-order valence-corrected chi connectivity index (χ0v) is 13.8. The highest BCUT2D eigenvalue weighted by Gasteiger charge is 2.11. The van der Waals surface area contributed by atoms with Crippen LogP contribution >= 0.6 is 0 Å². The normalized spacial score (nSPS) is 12.6. The summed E-state index contributed by atoms with van der Waals surface area (Å²) in [7, 11) is 0. The number of nitrogens with one attached hydrogen (secondary N) is 1. The number of carbonyl (C=O) groups is 1. The highest BCUT2D eigenvalue weighted by Crippen LogP contribution is 2.31. The van der Waals surface area contributed by atoms with Crippen LogP contribution in [-0.4, -0.2) is 11.3 Å². The van der Waals surface area contributed by atoms with Crippen LogP contribution in [0.4, 0.5) is 0 Å². The van der Waals surface area contributed by atoms with Crippen molar-refractivity contribution in [2.75, 3.05) is 0 Å². The molecule has 0 aliphatic rings. The van der Waals surface area contributed by atoms with E-state index < -0.39 is 0 Å². The second-order valence-corrected chi connectivity index (χ2v) is 6.49. The van der Waals surface area contributed by atoms with Gasteiger partial charge in [-0.3, -0.25) is 4.79 Å². The maximum atomic E-state index is 10.8. The Balaban J connectivity index is 1.82. The molecule has 3 aromatic carbocycles. The summed E-state index contributed by atoms with van der Waals surface area (Å²) in [6.45, 7) is 4.33. The Morgan fingerprint density at radius 2 is 1.46 bits per heavy atom. The lowest BCUT2D eigenvalue weighted by atomic mass is 9.91. The van der Waals surface area contributed by atoms with Gasteiger partial charge in [0.15, 0.2) is 0 Å². The highest BCUT2D eigenvalue weighted by molar-refractivity contribution is 6.07. The number of rotatable bonds is 3. The number of benzene rings is 3. The molecule has 2 nitrogen and oxygen atoms in total. The molecule has 24 heavy (non-hydrogen) atoms. The topological polar surface area (TPSA) is 32.9 Å². The van der Waals surface area contributed by atoms with Crippen molar-refractivity contribution >= 4 is 28.1 Å². The molecule has 0 amide bonds. The minimum Gasteiger partial charge on any atom is -0.355 e. The Morgan fingerprint density at radius 3 is 2.17 bits per heavy atom. The van der Waals surface area contributed by atoms with Crippen LogP contribution in [0.25, 0.3) is 21.8 Å². The smallest absolute Gasteiger partial charge is 0.150 e. The summed E-state index contributed by atoms with van der Waals surface area (Å²) in [6, 6.07) is 21.0. The molecule has 1 N–H and O–H groups in total. The molecule has 0 spiro atoms. The molecule has 4 rings (SSSR count). The third kappa shape index (κ3) is 2.41. The molecule has 0 saturated heterocycles. The van der Waals surface area contributed by atoms with Gasteiger partial charge >= 0.3 is 0 Å². The Kier molecular flexibility index (Phi) is 3.46. The predicted octanol–water partition coefficient (Wildman–Crippen LogP) is 5.59. The maximum Gasteiger partial charge on any atom is 0.150 e. The number of aldehydes is 1. The molecule has 0 aliphatic carbocycles. The van der Waals surface area contributed by atoms with Crippen molar-refractivity contribution in [1.29, 1.82) is 0 Å². The fourth-order valence-corrected chi connectivity index (χ4v) is 3.35. The number of aromatic amines is 1. The summed E-state index contributed by atoms with van der Waals surface area (Å²) in [5.41, 5.74) is 6.83. The van der Waals surface area contributed by atoms with E-state index in [-0.39, 0.29) is 5.92 Å². The number of hydrogen-bond donors (Lipinski definition) is 1. The van der Waals surface area contributed by atoms with Gasteiger partial charge in [0.1, 0.15) is 6.29 Å². The quantitative estimate of drug-likeness (QED) is 0.491. The molecular weight excluding hydrogens is 294 g/mol. The van der Waals surface area contributed by atoms with E-state index in [1.807, 2.05) is 24.3 Å². The number of aromatic nitrogens is 1. The Bertz CT molecular complexity index is 1040. The average Bonchev–Trinajstić information content (AvgIpc) is 2.98. The van der Waals surface area contributed by atoms with Crippen molar-refractivity contribution in [2.45, 2.75) is 19.8 Å². The van der Waals surface area contributed by atoms with Gasteiger partial charge in [0.2, 0.25) is 0 Å². The van der Waals surface area contributed by atoms with Crippen molar-refractivity contribution in [3.05, 3.63) is 82.9 Å². The van der Waals surface area contributed by atoms with Crippen LogP contribution in [0, 0.1) is 6.92 Å². The molecular formula is C22H19NO. The van der Waals surface area contributed by atoms with Crippen molar-refractivity contribution in [1.82, 2.24) is 4.98 Å². The predicted molar refractivity (Wildman–Crippen MR) is 99.9 cm³/mol. The van der Waals surface area contributed by atoms with Crippen molar-refractivity contribution in [2.24, 2.45) is 0 Å². The Hall–Kier alpha value is -2.87. The second-order valence-electron chi connectivity index (χ2n) is 6.49. The van der Waals surface area contributed by atoms with E-state index in [0.717, 1.165) is 6.29 Å². The van der Waals surface area contributed by atoms with Crippen LogP contribution in [0.2, 0.25) is 0 Å². The number of aryl methyl sites for hydroxylation is 1. The Morgan fingerprint density at radius 1 is 0.833 bits per heavy atom. The van der Waals surface area contributed by atoms with Gasteiger partial charge < -0.3 is 4.98 Å². The molecule has 0 radical (unpaired) electrons. The number of H-pyrrole nitrogens is 1. The number of fused-ring (bicyclic) bond motifs is 3. The molecule has 0 aliphatic heterocycles. The highest BCUT2D eigenvalue weighted by atomic mass is 16.1. The lowest BCUT2D eigenvalue weighted by Crippen LogP contribution is -1.96. The third-order valence-electron chi connectivity index (χ3n) is 4.85. The van der Waals surface area contributed by atoms with Crippen LogP contribution < -0.4 is 0 Å². The molecule has 2 heteroatoms. The molecule has 0 bridgehead atoms. The summed E-state index contributed by atoms with van der Waals surface area (Å²) >= 11 is 0. The minimum absolute atomic E-state index is 0.282. The maximum absolute atomic E-state index is 10.8. The molecule has 118 valence electrons. The van der Waals surface area contributed by atoms with Gasteiger partial charge in [-0.2, -0.15) is 0 Å². The fraction of sp³-hybridized carbons (Fsp3) is 0.136. The average molecular weight is 313 g/mol. The van der Waals surface area contributed by atoms with E-state index in [1.54, 1.807) is 0 Å². The first-order valence-corrected chi connectivity index (χ1v) is 8.23. The number of carbonyl (C=O) groups excluding carboxylic acids is 1. The van der Waals surface area contributed by atoms with E-state index in [0.29, 0.717) is 5.56 Å². The van der Waals surface area contributed by atoms with Gasteiger partial charge in [-0.05, 0) is 42.3 Å². The summed E-state index contributed by atoms with van der Waals surface area (Å²) in [6.07, 6.45) is 0.884. The zero-order chi connectivity index (χ0) is 16.7. The van der Waals surface area contributed by atoms with Crippen LogP contribution in [0.1, 0.15) is 39.9 Å². The van der Waals surface area contributed by atoms with E-state index in [2.05, 4.69) is 55.2 Å². The fourth-order valence-electron chi connectivity index (χ4n) is 3.35. The SMILES string of the molecule is Cc1ccc2[nH]c3ccc(C(C)c4ccc(C=O)cc4)cc3c2c1. The molecule has 1 unspecified atom stereocenters. The first-order chi connectivity index (χ1) is 11.7. The number of hydrogen-bond acceptors (Lipinski definition) is 1. The minimum atomic E-state index is 0.282. The molecule has 0 fully saturated rings. The van der Waals surface area contributed by atoms with Crippen LogP contribution in [-0.2, 0) is 0 Å². The van der Waals surface area contributed by atoms with Gasteiger partial charge in [0.05, 0.1) is 0 Å². The molecule has 0 saturated carbocycles. The lowest BCUT2D eigenvalue weighted by Gasteiger charge is -2.13. The van der Waals surface area contributed by atoms with Gasteiger partial charge in [0.25, 0.3) is 0 Å². The first-order valence-electron chi connectivity index (χ1n) is 8.23. The zero-order valence-electron chi connectivity index (χ0n) is 13.8. The molecule has 4 aromatic rings. The van der Waals surface area contributed by atoms with Gasteiger partial charge in [-0.1, -0.05) is 48.9 Å². The Labute approximate surface area is 141 Å². The summed E-state index contributed by atoms with van der Waals surface area (Å²) < 4.78 is 0. The molecule has 1 atom stereocenters. The van der Waals surface area contributed by atoms with Crippen LogP contribution in [0.3, 0.4) is 0 Å². The van der Waals surface area contributed by atoms with Crippen LogP contribution in [0.15, 0.2) is 60.7 Å². The standard InChI is InChI=1S/C22H19NO/c1-14-3-9-21-19(11-14)20-12-18(8-10-22(20)23-21)15(2)17-6-4-16(13-24)5-7-17/h3-13,15,23H,1-2H3. The van der Waals surface area contributed by atoms with Crippen molar-refractivity contribution in [3.63, 3.8) is 0 Å². The van der Waals surface area contributed by atoms with E-state index >= 15 is 0 Å². The third-order valence-corrected chi connectivity index (χ3v) is 4.85. The lowest BCUT2D eigenvalue weighted by molar-refractivity contribution is 0.112. The van der Waals surface area contributed by atoms with Crippen molar-refractivity contribution in [3.8, 4) is 0 Å². The molecule has 1 aromatic heterocycles. The summed E-state index contributed by atoms with van der Waals surface area (Å²) in [5, 5.41) is 2.54. The first kappa shape index (κ1) is 14.7. The second kappa shape index (κ2) is 5.64. The molecule has 1 heterocycles. The monoisotopic (exact) mass is 313 g/mol. The summed E-state index contributed by atoms with van der Waals surface area (Å²) in [5.74, 6) is 0.282. The van der Waals surface area contributed by atoms with E-state index in [1.165, 1.54) is 38.5 Å². The van der Waals surface area contributed by atoms with Gasteiger partial charge in [0, 0.05) is 33.3 Å². The van der Waals surface area contributed by atoms with E-state index in [4.69, 9.17) is 0 Å². The van der Waals surface area contributed by atoms with E-state index in [9.17, 15) is 4.79 Å². The van der Waals surface area contributed by atoms with Gasteiger partial charge in [-0.15, -0.1) is 0 Å². The largest absolute Gasteiger partial charge is 0.355 e. The van der Waals surface area contributed by atoms with Crippen LogP contribution in [0.5, 0.6) is 0 Å².